The van der Waals surface area contributed by atoms with E-state index < -0.39 is 0 Å². The fourth-order valence-corrected chi connectivity index (χ4v) is 4.84. The molecule has 8 nitrogen and oxygen atoms in total. The molecule has 5 rings (SSSR count). The van der Waals surface area contributed by atoms with Crippen LogP contribution in [0.25, 0.3) is 11.3 Å². The fraction of sp³-hybridized carbons (Fsp3) is 0.462. The average molecular weight is 496 g/mol. The van der Waals surface area contributed by atoms with Crippen LogP contribution >= 0.6 is 12.4 Å². The highest BCUT2D eigenvalue weighted by Crippen LogP contribution is 2.28. The SMILES string of the molecule is Cc1c(CN2CCN(c3nccnc3-c3ccc(CN4CCCCC4=O)cc3)CC2)cnn1C.Cl. The minimum Gasteiger partial charge on any atom is -0.352 e. The van der Waals surface area contributed by atoms with Crippen molar-refractivity contribution in [3.63, 3.8) is 0 Å². The summed E-state index contributed by atoms with van der Waals surface area (Å²) in [5.41, 5.74) is 5.66. The van der Waals surface area contributed by atoms with Gasteiger partial charge in [0.2, 0.25) is 5.91 Å². The zero-order valence-electron chi connectivity index (χ0n) is 20.6. The van der Waals surface area contributed by atoms with Gasteiger partial charge in [0.25, 0.3) is 0 Å². The molecular formula is C26H34ClN7O. The summed E-state index contributed by atoms with van der Waals surface area (Å²) >= 11 is 0. The van der Waals surface area contributed by atoms with Crippen molar-refractivity contribution in [2.45, 2.75) is 39.3 Å². The molecule has 0 N–H and O–H groups in total. The lowest BCUT2D eigenvalue weighted by atomic mass is 10.1. The van der Waals surface area contributed by atoms with E-state index in [1.807, 2.05) is 22.8 Å². The van der Waals surface area contributed by atoms with Gasteiger partial charge in [0.15, 0.2) is 5.82 Å². The van der Waals surface area contributed by atoms with Crippen LogP contribution in [0.15, 0.2) is 42.9 Å². The van der Waals surface area contributed by atoms with Gasteiger partial charge in [-0.15, -0.1) is 12.4 Å². The number of benzene rings is 1. The molecule has 35 heavy (non-hydrogen) atoms. The molecule has 2 fully saturated rings. The number of carbonyl (C=O) groups is 1. The largest absolute Gasteiger partial charge is 0.352 e. The van der Waals surface area contributed by atoms with E-state index in [2.05, 4.69) is 51.1 Å². The Morgan fingerprint density at radius 2 is 1.66 bits per heavy atom. The molecule has 2 aliphatic heterocycles. The van der Waals surface area contributed by atoms with Crippen molar-refractivity contribution >= 4 is 24.1 Å². The summed E-state index contributed by atoms with van der Waals surface area (Å²) < 4.78 is 1.94. The van der Waals surface area contributed by atoms with Crippen molar-refractivity contribution in [1.82, 2.24) is 29.5 Å². The molecule has 0 bridgehead atoms. The molecule has 186 valence electrons. The number of piperazine rings is 1. The summed E-state index contributed by atoms with van der Waals surface area (Å²) in [5, 5.41) is 4.37. The van der Waals surface area contributed by atoms with E-state index in [1.54, 1.807) is 12.4 Å². The Hall–Kier alpha value is -2.97. The molecule has 0 saturated carbocycles. The summed E-state index contributed by atoms with van der Waals surface area (Å²) in [6, 6.07) is 8.45. The average Bonchev–Trinajstić information content (AvgIpc) is 3.19. The van der Waals surface area contributed by atoms with Crippen LogP contribution in [-0.2, 0) is 24.9 Å². The van der Waals surface area contributed by atoms with Crippen molar-refractivity contribution in [3.05, 3.63) is 59.7 Å². The van der Waals surface area contributed by atoms with Gasteiger partial charge < -0.3 is 9.80 Å². The maximum absolute atomic E-state index is 12.1. The van der Waals surface area contributed by atoms with Crippen LogP contribution < -0.4 is 4.90 Å². The molecule has 0 radical (unpaired) electrons. The summed E-state index contributed by atoms with van der Waals surface area (Å²) in [6.07, 6.45) is 8.31. The third-order valence-corrected chi connectivity index (χ3v) is 7.10. The fourth-order valence-electron chi connectivity index (χ4n) is 4.84. The van der Waals surface area contributed by atoms with Crippen LogP contribution in [0.2, 0.25) is 0 Å². The van der Waals surface area contributed by atoms with Gasteiger partial charge in [-0.05, 0) is 25.3 Å². The molecule has 3 aromatic rings. The molecule has 9 heteroatoms. The van der Waals surface area contributed by atoms with Crippen molar-refractivity contribution in [3.8, 4) is 11.3 Å². The summed E-state index contributed by atoms with van der Waals surface area (Å²) in [5.74, 6) is 1.21. The molecule has 2 saturated heterocycles. The molecule has 2 aliphatic rings. The minimum atomic E-state index is 0. The highest BCUT2D eigenvalue weighted by atomic mass is 35.5. The molecule has 0 spiro atoms. The van der Waals surface area contributed by atoms with Crippen LogP contribution in [0.4, 0.5) is 5.82 Å². The summed E-state index contributed by atoms with van der Waals surface area (Å²) in [7, 11) is 1.99. The highest BCUT2D eigenvalue weighted by Gasteiger charge is 2.23. The predicted molar refractivity (Wildman–Crippen MR) is 139 cm³/mol. The second-order valence-electron chi connectivity index (χ2n) is 9.34. The zero-order valence-corrected chi connectivity index (χ0v) is 21.4. The molecular weight excluding hydrogens is 462 g/mol. The third kappa shape index (κ3) is 5.65. The lowest BCUT2D eigenvalue weighted by molar-refractivity contribution is -0.133. The first-order valence-corrected chi connectivity index (χ1v) is 12.2. The minimum absolute atomic E-state index is 0. The Bertz CT molecular complexity index is 1140. The van der Waals surface area contributed by atoms with Crippen LogP contribution in [0.1, 0.15) is 36.1 Å². The van der Waals surface area contributed by atoms with Crippen molar-refractivity contribution in [2.24, 2.45) is 7.05 Å². The molecule has 1 aromatic carbocycles. The van der Waals surface area contributed by atoms with Gasteiger partial charge in [0.1, 0.15) is 5.69 Å². The van der Waals surface area contributed by atoms with Crippen molar-refractivity contribution < 1.29 is 4.79 Å². The van der Waals surface area contributed by atoms with E-state index >= 15 is 0 Å². The molecule has 0 atom stereocenters. The summed E-state index contributed by atoms with van der Waals surface area (Å²) in [6.45, 7) is 8.40. The third-order valence-electron chi connectivity index (χ3n) is 7.10. The van der Waals surface area contributed by atoms with E-state index in [0.29, 0.717) is 13.0 Å². The van der Waals surface area contributed by atoms with Crippen molar-refractivity contribution in [2.75, 3.05) is 37.6 Å². The van der Waals surface area contributed by atoms with Crippen LogP contribution in [-0.4, -0.2) is 68.2 Å². The monoisotopic (exact) mass is 495 g/mol. The smallest absolute Gasteiger partial charge is 0.222 e. The Morgan fingerprint density at radius 1 is 0.914 bits per heavy atom. The highest BCUT2D eigenvalue weighted by molar-refractivity contribution is 5.85. The van der Waals surface area contributed by atoms with Gasteiger partial charge in [0, 0.05) is 88.5 Å². The first kappa shape index (κ1) is 25.1. The van der Waals surface area contributed by atoms with E-state index in [9.17, 15) is 4.79 Å². The van der Waals surface area contributed by atoms with Crippen molar-refractivity contribution in [1.29, 1.82) is 0 Å². The van der Waals surface area contributed by atoms with Crippen LogP contribution in [0.5, 0.6) is 0 Å². The lowest BCUT2D eigenvalue weighted by Crippen LogP contribution is -2.46. The standard InChI is InChI=1S/C26H33N7O.ClH/c1-20-23(17-29-30(20)2)19-31-13-15-32(16-14-31)26-25(27-10-11-28-26)22-8-6-21(7-9-22)18-33-12-4-3-5-24(33)34;/h6-11,17H,3-5,12-16,18-19H2,1-2H3;1H. The molecule has 1 amide bonds. The maximum atomic E-state index is 12.1. The van der Waals surface area contributed by atoms with Gasteiger partial charge in [-0.1, -0.05) is 24.3 Å². The number of anilines is 1. The van der Waals surface area contributed by atoms with E-state index in [1.165, 1.54) is 11.3 Å². The molecule has 0 aliphatic carbocycles. The molecule has 2 aromatic heterocycles. The molecule has 4 heterocycles. The number of carbonyl (C=O) groups excluding carboxylic acids is 1. The van der Waals surface area contributed by atoms with Gasteiger partial charge in [-0.2, -0.15) is 5.10 Å². The van der Waals surface area contributed by atoms with E-state index in [4.69, 9.17) is 4.98 Å². The van der Waals surface area contributed by atoms with Gasteiger partial charge in [0.05, 0.1) is 6.20 Å². The Balaban J connectivity index is 0.00000289. The number of piperidine rings is 1. The second kappa shape index (κ2) is 11.2. The predicted octanol–water partition coefficient (Wildman–Crippen LogP) is 3.44. The van der Waals surface area contributed by atoms with Gasteiger partial charge in [-0.25, -0.2) is 4.98 Å². The van der Waals surface area contributed by atoms with Gasteiger partial charge >= 0.3 is 0 Å². The first-order valence-electron chi connectivity index (χ1n) is 12.2. The van der Waals surface area contributed by atoms with Gasteiger partial charge in [-0.3, -0.25) is 19.4 Å². The number of aromatic nitrogens is 4. The zero-order chi connectivity index (χ0) is 23.5. The van der Waals surface area contributed by atoms with Crippen LogP contribution in [0.3, 0.4) is 0 Å². The van der Waals surface area contributed by atoms with E-state index in [0.717, 1.165) is 74.7 Å². The number of nitrogens with zero attached hydrogens (tertiary/aromatic N) is 7. The van der Waals surface area contributed by atoms with Crippen LogP contribution in [0, 0.1) is 6.92 Å². The van der Waals surface area contributed by atoms with E-state index in [-0.39, 0.29) is 18.3 Å². The maximum Gasteiger partial charge on any atom is 0.222 e. The normalized spacial score (nSPS) is 16.9. The first-order chi connectivity index (χ1) is 16.6. The number of aryl methyl sites for hydroxylation is 1. The Kier molecular flexibility index (Phi) is 8.03. The number of rotatable bonds is 6. The lowest BCUT2D eigenvalue weighted by Gasteiger charge is -2.35. The topological polar surface area (TPSA) is 70.4 Å². The second-order valence-corrected chi connectivity index (χ2v) is 9.34. The Labute approximate surface area is 213 Å². The number of amides is 1. The number of hydrogen-bond acceptors (Lipinski definition) is 6. The number of hydrogen-bond donors (Lipinski definition) is 0. The quantitative estimate of drug-likeness (QED) is 0.521. The number of halogens is 1. The Morgan fingerprint density at radius 3 is 2.34 bits per heavy atom. The molecule has 0 unspecified atom stereocenters. The number of likely N-dealkylation sites (tertiary alicyclic amines) is 1. The summed E-state index contributed by atoms with van der Waals surface area (Å²) in [4.78, 5) is 28.3.